The maximum absolute atomic E-state index is 11.3. The number of aromatic nitrogens is 1. The average molecular weight is 311 g/mol. The van der Waals surface area contributed by atoms with Gasteiger partial charge < -0.3 is 5.73 Å². The summed E-state index contributed by atoms with van der Waals surface area (Å²) in [7, 11) is -3.33. The highest BCUT2D eigenvalue weighted by atomic mass is 32.2. The van der Waals surface area contributed by atoms with E-state index in [4.69, 9.17) is 5.73 Å². The smallest absolute Gasteiger partial charge is 0.229 e. The molecule has 0 bridgehead atoms. The van der Waals surface area contributed by atoms with Crippen LogP contribution in [0.15, 0.2) is 34.7 Å². The number of rotatable bonds is 5. The van der Waals surface area contributed by atoms with Crippen molar-refractivity contribution in [2.24, 2.45) is 5.10 Å². The first-order chi connectivity index (χ1) is 9.44. The van der Waals surface area contributed by atoms with Gasteiger partial charge in [0.15, 0.2) is 0 Å². The minimum Gasteiger partial charge on any atom is -0.383 e. The Morgan fingerprint density at radius 2 is 2.15 bits per heavy atom. The lowest BCUT2D eigenvalue weighted by Crippen LogP contribution is -2.11. The van der Waals surface area contributed by atoms with Crippen molar-refractivity contribution in [1.29, 1.82) is 0 Å². The monoisotopic (exact) mass is 311 g/mol. The van der Waals surface area contributed by atoms with E-state index in [-0.39, 0.29) is 0 Å². The Bertz CT molecular complexity index is 724. The maximum atomic E-state index is 11.3. The highest BCUT2D eigenvalue weighted by Gasteiger charge is 2.05. The second-order valence-electron chi connectivity index (χ2n) is 3.91. The van der Waals surface area contributed by atoms with Crippen LogP contribution in [0.4, 0.5) is 16.6 Å². The lowest BCUT2D eigenvalue weighted by Gasteiger charge is -2.06. The van der Waals surface area contributed by atoms with Gasteiger partial charge in [-0.1, -0.05) is 18.2 Å². The minimum atomic E-state index is -3.33. The normalized spacial score (nSPS) is 11.7. The Morgan fingerprint density at radius 3 is 2.80 bits per heavy atom. The summed E-state index contributed by atoms with van der Waals surface area (Å²) in [5, 5.41) is 6.25. The van der Waals surface area contributed by atoms with Crippen molar-refractivity contribution in [3.05, 3.63) is 35.2 Å². The molecule has 20 heavy (non-hydrogen) atoms. The molecule has 0 unspecified atom stereocenters. The van der Waals surface area contributed by atoms with Crippen molar-refractivity contribution >= 4 is 44.2 Å². The first-order valence-corrected chi connectivity index (χ1v) is 8.28. The quantitative estimate of drug-likeness (QED) is 0.573. The van der Waals surface area contributed by atoms with Crippen LogP contribution in [-0.4, -0.2) is 25.9 Å². The zero-order valence-corrected chi connectivity index (χ0v) is 12.2. The van der Waals surface area contributed by atoms with Crippen molar-refractivity contribution in [1.82, 2.24) is 4.98 Å². The molecule has 1 aromatic carbocycles. The fraction of sp³-hybridized carbons (Fsp3) is 0.0909. The third-order valence-electron chi connectivity index (χ3n) is 2.14. The summed E-state index contributed by atoms with van der Waals surface area (Å²) < 4.78 is 24.9. The number of nitrogens with one attached hydrogen (secondary N) is 2. The number of nitrogens with two attached hydrogens (primary N) is 1. The van der Waals surface area contributed by atoms with E-state index in [1.807, 2.05) is 0 Å². The second kappa shape index (κ2) is 5.88. The summed E-state index contributed by atoms with van der Waals surface area (Å²) >= 11 is 1.33. The van der Waals surface area contributed by atoms with E-state index in [0.29, 0.717) is 22.2 Å². The van der Waals surface area contributed by atoms with Crippen LogP contribution in [0.3, 0.4) is 0 Å². The van der Waals surface area contributed by atoms with Crippen LogP contribution in [-0.2, 0) is 10.0 Å². The van der Waals surface area contributed by atoms with Gasteiger partial charge in [-0.3, -0.25) is 10.1 Å². The van der Waals surface area contributed by atoms with Crippen LogP contribution >= 0.6 is 11.3 Å². The molecule has 2 rings (SSSR count). The molecule has 106 valence electrons. The second-order valence-corrected chi connectivity index (χ2v) is 6.52. The predicted octanol–water partition coefficient (Wildman–Crippen LogP) is 1.54. The zero-order valence-electron chi connectivity index (χ0n) is 10.6. The van der Waals surface area contributed by atoms with Crippen LogP contribution in [0.2, 0.25) is 0 Å². The third kappa shape index (κ3) is 4.21. The summed E-state index contributed by atoms with van der Waals surface area (Å²) in [6, 6.07) is 6.93. The molecule has 0 saturated carbocycles. The van der Waals surface area contributed by atoms with Gasteiger partial charge in [0.25, 0.3) is 0 Å². The number of nitrogens with zero attached hydrogens (tertiary/aromatic N) is 2. The van der Waals surface area contributed by atoms with E-state index < -0.39 is 10.0 Å². The van der Waals surface area contributed by atoms with Crippen LogP contribution < -0.4 is 15.9 Å². The number of hydrogen-bond acceptors (Lipinski definition) is 7. The van der Waals surface area contributed by atoms with Gasteiger partial charge in [0.05, 0.1) is 18.2 Å². The molecule has 7 nitrogen and oxygen atoms in total. The first kappa shape index (κ1) is 14.3. The fourth-order valence-electron chi connectivity index (χ4n) is 1.40. The van der Waals surface area contributed by atoms with Crippen molar-refractivity contribution < 1.29 is 8.42 Å². The Labute approximate surface area is 120 Å². The highest BCUT2D eigenvalue weighted by Crippen LogP contribution is 2.17. The number of anilines is 3. The first-order valence-electron chi connectivity index (χ1n) is 5.51. The molecule has 0 atom stereocenters. The van der Waals surface area contributed by atoms with Gasteiger partial charge in [-0.05, 0) is 6.07 Å². The molecule has 4 N–H and O–H groups in total. The largest absolute Gasteiger partial charge is 0.383 e. The molecular weight excluding hydrogens is 298 g/mol. The number of nitrogen functional groups attached to an aromatic ring is 1. The molecule has 0 fully saturated rings. The zero-order chi connectivity index (χ0) is 14.6. The van der Waals surface area contributed by atoms with E-state index in [1.165, 1.54) is 17.6 Å². The molecule has 9 heteroatoms. The number of sulfonamides is 1. The van der Waals surface area contributed by atoms with E-state index in [2.05, 4.69) is 20.2 Å². The SMILES string of the molecule is CS(=O)(=O)Nc1ccccc1C=NNc1nc(N)cs1. The number of benzene rings is 1. The number of hydrazone groups is 1. The van der Waals surface area contributed by atoms with Gasteiger partial charge in [-0.15, -0.1) is 11.3 Å². The Hall–Kier alpha value is -2.13. The van der Waals surface area contributed by atoms with E-state index in [0.717, 1.165) is 6.26 Å². The van der Waals surface area contributed by atoms with Gasteiger partial charge in [-0.25, -0.2) is 13.4 Å². The van der Waals surface area contributed by atoms with Gasteiger partial charge >= 0.3 is 0 Å². The summed E-state index contributed by atoms with van der Waals surface area (Å²) in [5.74, 6) is 0.423. The molecule has 0 spiro atoms. The summed E-state index contributed by atoms with van der Waals surface area (Å²) in [4.78, 5) is 3.98. The standard InChI is InChI=1S/C11H13N5O2S2/c1-20(17,18)16-9-5-3-2-4-8(9)6-13-15-11-14-10(12)7-19-11/h2-7,16H,12H2,1H3,(H,14,15). The molecule has 0 aliphatic heterocycles. The van der Waals surface area contributed by atoms with Crippen LogP contribution in [0.1, 0.15) is 5.56 Å². The van der Waals surface area contributed by atoms with Crippen LogP contribution in [0, 0.1) is 0 Å². The maximum Gasteiger partial charge on any atom is 0.229 e. The number of para-hydroxylation sites is 1. The van der Waals surface area contributed by atoms with E-state index >= 15 is 0 Å². The van der Waals surface area contributed by atoms with Crippen molar-refractivity contribution in [3.63, 3.8) is 0 Å². The van der Waals surface area contributed by atoms with Gasteiger partial charge in [0, 0.05) is 10.9 Å². The van der Waals surface area contributed by atoms with Crippen LogP contribution in [0.5, 0.6) is 0 Å². The Morgan fingerprint density at radius 1 is 1.40 bits per heavy atom. The van der Waals surface area contributed by atoms with E-state index in [9.17, 15) is 8.42 Å². The van der Waals surface area contributed by atoms with Crippen molar-refractivity contribution in [2.75, 3.05) is 22.1 Å². The molecule has 2 aromatic rings. The summed E-state index contributed by atoms with van der Waals surface area (Å²) in [6.45, 7) is 0. The molecule has 0 amide bonds. The lowest BCUT2D eigenvalue weighted by molar-refractivity contribution is 0.607. The average Bonchev–Trinajstić information content (AvgIpc) is 2.75. The van der Waals surface area contributed by atoms with Crippen molar-refractivity contribution in [3.8, 4) is 0 Å². The summed E-state index contributed by atoms with van der Waals surface area (Å²) in [6.07, 6.45) is 2.60. The molecule has 0 radical (unpaired) electrons. The predicted molar refractivity (Wildman–Crippen MR) is 82.7 cm³/mol. The minimum absolute atomic E-state index is 0.423. The third-order valence-corrected chi connectivity index (χ3v) is 3.50. The van der Waals surface area contributed by atoms with Gasteiger partial charge in [-0.2, -0.15) is 5.10 Å². The molecular formula is C11H13N5O2S2. The van der Waals surface area contributed by atoms with Gasteiger partial charge in [0.2, 0.25) is 15.2 Å². The van der Waals surface area contributed by atoms with Gasteiger partial charge in [0.1, 0.15) is 5.82 Å². The van der Waals surface area contributed by atoms with E-state index in [1.54, 1.807) is 29.6 Å². The molecule has 0 aliphatic rings. The Balaban J connectivity index is 2.12. The lowest BCUT2D eigenvalue weighted by atomic mass is 10.2. The molecule has 0 aliphatic carbocycles. The molecule has 1 heterocycles. The highest BCUT2D eigenvalue weighted by molar-refractivity contribution is 7.92. The van der Waals surface area contributed by atoms with Crippen LogP contribution in [0.25, 0.3) is 0 Å². The Kier molecular flexibility index (Phi) is 4.20. The fourth-order valence-corrected chi connectivity index (χ4v) is 2.53. The topological polar surface area (TPSA) is 109 Å². The summed E-state index contributed by atoms with van der Waals surface area (Å²) in [5.41, 5.74) is 9.30. The number of thiazole rings is 1. The molecule has 1 aromatic heterocycles. The molecule has 0 saturated heterocycles. The van der Waals surface area contributed by atoms with Crippen molar-refractivity contribution in [2.45, 2.75) is 0 Å². The number of hydrogen-bond donors (Lipinski definition) is 3.